The molecule has 1 aromatic rings. The zero-order valence-corrected chi connectivity index (χ0v) is 15.2. The van der Waals surface area contributed by atoms with Crippen molar-refractivity contribution in [3.8, 4) is 5.75 Å². The third kappa shape index (κ3) is 9.33. The number of carbonyl (C=O) groups excluding carboxylic acids is 1. The molecule has 134 valence electrons. The molecule has 4 nitrogen and oxygen atoms in total. The number of nitrogens with one attached hydrogen (secondary N) is 1. The molecule has 0 spiro atoms. The van der Waals surface area contributed by atoms with Crippen LogP contribution in [-0.2, 0) is 4.79 Å². The molecule has 0 aliphatic heterocycles. The normalized spacial score (nSPS) is 11.5. The number of phenols is 1. The maximum atomic E-state index is 11.8. The van der Waals surface area contributed by atoms with Gasteiger partial charge in [-0.25, -0.2) is 5.43 Å². The Morgan fingerprint density at radius 1 is 0.958 bits per heavy atom. The Bertz CT molecular complexity index is 495. The lowest BCUT2D eigenvalue weighted by molar-refractivity contribution is -0.121. The molecule has 24 heavy (non-hydrogen) atoms. The molecule has 0 bridgehead atoms. The predicted octanol–water partition coefficient (Wildman–Crippen LogP) is 5.15. The number of hydrogen-bond donors (Lipinski definition) is 2. The van der Waals surface area contributed by atoms with E-state index >= 15 is 0 Å². The van der Waals surface area contributed by atoms with E-state index in [1.807, 2.05) is 6.92 Å². The standard InChI is InChI=1S/C20H32N2O2/c1-3-4-5-6-7-8-9-10-11-12-20(24)22-21-17(2)18-13-15-19(23)16-14-18/h13-16,23H,3-12H2,1-2H3,(H,22,24). The Kier molecular flexibility index (Phi) is 10.6. The summed E-state index contributed by atoms with van der Waals surface area (Å²) in [5.74, 6) is 0.192. The van der Waals surface area contributed by atoms with Crippen molar-refractivity contribution in [3.63, 3.8) is 0 Å². The average molecular weight is 332 g/mol. The zero-order valence-electron chi connectivity index (χ0n) is 15.2. The van der Waals surface area contributed by atoms with E-state index in [4.69, 9.17) is 0 Å². The molecule has 0 radical (unpaired) electrons. The number of amides is 1. The second-order valence-corrected chi connectivity index (χ2v) is 6.36. The molecule has 0 saturated heterocycles. The van der Waals surface area contributed by atoms with E-state index < -0.39 is 0 Å². The summed E-state index contributed by atoms with van der Waals surface area (Å²) in [7, 11) is 0. The van der Waals surface area contributed by atoms with Crippen LogP contribution in [0, 0.1) is 0 Å². The lowest BCUT2D eigenvalue weighted by Gasteiger charge is -2.04. The second-order valence-electron chi connectivity index (χ2n) is 6.36. The Balaban J connectivity index is 2.09. The molecule has 0 unspecified atom stereocenters. The molecule has 1 aromatic carbocycles. The number of hydrogen-bond acceptors (Lipinski definition) is 3. The van der Waals surface area contributed by atoms with Gasteiger partial charge >= 0.3 is 0 Å². The largest absolute Gasteiger partial charge is 0.508 e. The minimum atomic E-state index is -0.0314. The molecule has 0 aliphatic carbocycles. The molecular weight excluding hydrogens is 300 g/mol. The van der Waals surface area contributed by atoms with Gasteiger partial charge in [-0.05, 0) is 43.2 Å². The van der Waals surface area contributed by atoms with Crippen LogP contribution in [-0.4, -0.2) is 16.7 Å². The number of unbranched alkanes of at least 4 members (excludes halogenated alkanes) is 8. The van der Waals surface area contributed by atoms with Crippen molar-refractivity contribution in [2.75, 3.05) is 0 Å². The van der Waals surface area contributed by atoms with Gasteiger partial charge in [0, 0.05) is 6.42 Å². The zero-order chi connectivity index (χ0) is 17.6. The summed E-state index contributed by atoms with van der Waals surface area (Å²) in [4.78, 5) is 11.8. The van der Waals surface area contributed by atoms with Crippen LogP contribution in [0.4, 0.5) is 0 Å². The van der Waals surface area contributed by atoms with Gasteiger partial charge in [0.15, 0.2) is 0 Å². The van der Waals surface area contributed by atoms with Gasteiger partial charge in [-0.15, -0.1) is 0 Å². The lowest BCUT2D eigenvalue weighted by Crippen LogP contribution is -2.18. The summed E-state index contributed by atoms with van der Waals surface area (Å²) in [6.07, 6.45) is 11.7. The first-order chi connectivity index (χ1) is 11.6. The van der Waals surface area contributed by atoms with E-state index in [2.05, 4.69) is 17.5 Å². The maximum absolute atomic E-state index is 11.8. The number of nitrogens with zero attached hydrogens (tertiary/aromatic N) is 1. The highest BCUT2D eigenvalue weighted by Gasteiger charge is 2.02. The summed E-state index contributed by atoms with van der Waals surface area (Å²) in [5.41, 5.74) is 4.22. The van der Waals surface area contributed by atoms with Crippen molar-refractivity contribution in [3.05, 3.63) is 29.8 Å². The summed E-state index contributed by atoms with van der Waals surface area (Å²) in [5, 5.41) is 13.4. The third-order valence-corrected chi connectivity index (χ3v) is 4.14. The van der Waals surface area contributed by atoms with Crippen molar-refractivity contribution in [1.29, 1.82) is 0 Å². The number of rotatable bonds is 12. The van der Waals surface area contributed by atoms with Crippen molar-refractivity contribution >= 4 is 11.6 Å². The Hall–Kier alpha value is -1.84. The van der Waals surface area contributed by atoms with E-state index in [0.717, 1.165) is 24.1 Å². The maximum Gasteiger partial charge on any atom is 0.240 e. The van der Waals surface area contributed by atoms with Crippen LogP contribution in [0.15, 0.2) is 29.4 Å². The first-order valence-electron chi connectivity index (χ1n) is 9.26. The average Bonchev–Trinajstić information content (AvgIpc) is 2.59. The van der Waals surface area contributed by atoms with Gasteiger partial charge in [-0.1, -0.05) is 58.3 Å². The Morgan fingerprint density at radius 2 is 1.50 bits per heavy atom. The highest BCUT2D eigenvalue weighted by atomic mass is 16.3. The van der Waals surface area contributed by atoms with Gasteiger partial charge in [-0.3, -0.25) is 4.79 Å². The van der Waals surface area contributed by atoms with Gasteiger partial charge in [0.05, 0.1) is 5.71 Å². The SMILES string of the molecule is CCCCCCCCCCCC(=O)NN=C(C)c1ccc(O)cc1. The third-order valence-electron chi connectivity index (χ3n) is 4.14. The van der Waals surface area contributed by atoms with E-state index in [1.165, 1.54) is 44.9 Å². The lowest BCUT2D eigenvalue weighted by atomic mass is 10.1. The number of aromatic hydroxyl groups is 1. The van der Waals surface area contributed by atoms with Crippen LogP contribution in [0.5, 0.6) is 5.75 Å². The van der Waals surface area contributed by atoms with Gasteiger partial charge in [0.25, 0.3) is 0 Å². The fraction of sp³-hybridized carbons (Fsp3) is 0.600. The molecule has 4 heteroatoms. The number of carbonyl (C=O) groups is 1. The van der Waals surface area contributed by atoms with Crippen LogP contribution < -0.4 is 5.43 Å². The van der Waals surface area contributed by atoms with Crippen molar-refractivity contribution in [2.24, 2.45) is 5.10 Å². The monoisotopic (exact) mass is 332 g/mol. The van der Waals surface area contributed by atoms with Crippen LogP contribution in [0.2, 0.25) is 0 Å². The molecule has 1 amide bonds. The molecule has 0 aromatic heterocycles. The Labute approximate surface area is 146 Å². The molecule has 0 atom stereocenters. The molecule has 1 rings (SSSR count). The first-order valence-corrected chi connectivity index (χ1v) is 9.26. The quantitative estimate of drug-likeness (QED) is 0.316. The van der Waals surface area contributed by atoms with Crippen LogP contribution in [0.3, 0.4) is 0 Å². The summed E-state index contributed by atoms with van der Waals surface area (Å²) >= 11 is 0. The van der Waals surface area contributed by atoms with Gasteiger partial charge < -0.3 is 5.11 Å². The fourth-order valence-corrected chi connectivity index (χ4v) is 2.57. The molecule has 0 saturated carbocycles. The smallest absolute Gasteiger partial charge is 0.240 e. The summed E-state index contributed by atoms with van der Waals surface area (Å²) in [6, 6.07) is 6.78. The molecule has 0 aliphatic rings. The minimum Gasteiger partial charge on any atom is -0.508 e. The van der Waals surface area contributed by atoms with Crippen LogP contribution in [0.1, 0.15) is 83.6 Å². The predicted molar refractivity (Wildman–Crippen MR) is 100 cm³/mol. The minimum absolute atomic E-state index is 0.0314. The van der Waals surface area contributed by atoms with E-state index in [-0.39, 0.29) is 11.7 Å². The van der Waals surface area contributed by atoms with Crippen molar-refractivity contribution < 1.29 is 9.90 Å². The van der Waals surface area contributed by atoms with Crippen molar-refractivity contribution in [2.45, 2.75) is 78.1 Å². The van der Waals surface area contributed by atoms with Gasteiger partial charge in [-0.2, -0.15) is 5.10 Å². The van der Waals surface area contributed by atoms with Gasteiger partial charge in [0.1, 0.15) is 5.75 Å². The van der Waals surface area contributed by atoms with Gasteiger partial charge in [0.2, 0.25) is 5.91 Å². The second kappa shape index (κ2) is 12.6. The molecule has 0 heterocycles. The summed E-state index contributed by atoms with van der Waals surface area (Å²) < 4.78 is 0. The molecular formula is C20H32N2O2. The van der Waals surface area contributed by atoms with Crippen LogP contribution >= 0.6 is 0 Å². The summed E-state index contributed by atoms with van der Waals surface area (Å²) in [6.45, 7) is 4.08. The highest BCUT2D eigenvalue weighted by Crippen LogP contribution is 2.11. The van der Waals surface area contributed by atoms with E-state index in [1.54, 1.807) is 24.3 Å². The number of benzene rings is 1. The van der Waals surface area contributed by atoms with E-state index in [0.29, 0.717) is 6.42 Å². The highest BCUT2D eigenvalue weighted by molar-refractivity contribution is 5.99. The topological polar surface area (TPSA) is 61.7 Å². The molecule has 0 fully saturated rings. The fourth-order valence-electron chi connectivity index (χ4n) is 2.57. The Morgan fingerprint density at radius 3 is 2.08 bits per heavy atom. The van der Waals surface area contributed by atoms with Crippen molar-refractivity contribution in [1.82, 2.24) is 5.43 Å². The first kappa shape index (κ1) is 20.2. The van der Waals surface area contributed by atoms with E-state index in [9.17, 15) is 9.90 Å². The van der Waals surface area contributed by atoms with Crippen LogP contribution in [0.25, 0.3) is 0 Å². The number of phenolic OH excluding ortho intramolecular Hbond substituents is 1. The molecule has 2 N–H and O–H groups in total. The number of hydrazone groups is 1.